The van der Waals surface area contributed by atoms with Gasteiger partial charge in [-0.2, -0.15) is 0 Å². The summed E-state index contributed by atoms with van der Waals surface area (Å²) >= 11 is 0. The molecule has 0 spiro atoms. The maximum atomic E-state index is 13.1. The topological polar surface area (TPSA) is 68.8 Å². The van der Waals surface area contributed by atoms with Gasteiger partial charge in [0, 0.05) is 16.8 Å². The first-order chi connectivity index (χ1) is 19.0. The van der Waals surface area contributed by atoms with Gasteiger partial charge in [-0.1, -0.05) is 30.3 Å². The smallest absolute Gasteiger partial charge is 0.255 e. The molecule has 1 aliphatic heterocycles. The van der Waals surface area contributed by atoms with Crippen LogP contribution in [0.1, 0.15) is 28.8 Å². The molecule has 39 heavy (non-hydrogen) atoms. The number of methoxy groups -OCH3 is 2. The van der Waals surface area contributed by atoms with Gasteiger partial charge in [-0.05, 0) is 110 Å². The summed E-state index contributed by atoms with van der Waals surface area (Å²) < 4.78 is 17.2. The van der Waals surface area contributed by atoms with E-state index in [2.05, 4.69) is 35.8 Å². The van der Waals surface area contributed by atoms with Crippen LogP contribution in [0.4, 0.5) is 5.69 Å². The molecule has 0 unspecified atom stereocenters. The molecule has 6 heteroatoms. The Labute approximate surface area is 229 Å². The van der Waals surface area contributed by atoms with Crippen LogP contribution in [-0.2, 0) is 0 Å². The van der Waals surface area contributed by atoms with Gasteiger partial charge in [0.1, 0.15) is 23.4 Å². The number of hydrogen-bond donors (Lipinski definition) is 2. The van der Waals surface area contributed by atoms with Crippen molar-refractivity contribution in [3.05, 3.63) is 96.1 Å². The van der Waals surface area contributed by atoms with E-state index in [0.29, 0.717) is 11.3 Å². The molecule has 0 atom stereocenters. The molecule has 1 heterocycles. The van der Waals surface area contributed by atoms with Crippen molar-refractivity contribution in [1.82, 2.24) is 5.32 Å². The molecule has 2 N–H and O–H groups in total. The number of carbonyl (C=O) groups is 1. The van der Waals surface area contributed by atoms with Crippen molar-refractivity contribution in [3.8, 4) is 39.5 Å². The summed E-state index contributed by atoms with van der Waals surface area (Å²) in [6.07, 6.45) is 2.34. The number of nitrogens with one attached hydrogen (secondary N) is 2. The number of piperidine rings is 1. The Morgan fingerprint density at radius 2 is 1.54 bits per heavy atom. The van der Waals surface area contributed by atoms with Gasteiger partial charge in [0.25, 0.3) is 5.91 Å². The predicted octanol–water partition coefficient (Wildman–Crippen LogP) is 6.73. The highest BCUT2D eigenvalue weighted by Gasteiger charge is 2.16. The number of ether oxygens (including phenoxy) is 3. The van der Waals surface area contributed by atoms with Gasteiger partial charge in [-0.25, -0.2) is 0 Å². The summed E-state index contributed by atoms with van der Waals surface area (Å²) in [5, 5.41) is 6.39. The highest BCUT2D eigenvalue weighted by atomic mass is 16.5. The molecule has 1 saturated heterocycles. The average Bonchev–Trinajstić information content (AvgIpc) is 2.98. The Morgan fingerprint density at radius 1 is 0.795 bits per heavy atom. The van der Waals surface area contributed by atoms with Gasteiger partial charge in [0.15, 0.2) is 0 Å². The summed E-state index contributed by atoms with van der Waals surface area (Å²) in [7, 11) is 3.25. The van der Waals surface area contributed by atoms with E-state index in [-0.39, 0.29) is 12.0 Å². The van der Waals surface area contributed by atoms with E-state index in [1.807, 2.05) is 60.7 Å². The third-order valence-electron chi connectivity index (χ3n) is 7.07. The second-order valence-electron chi connectivity index (χ2n) is 9.73. The standard InChI is InChI=1S/C33H34N2O4/c1-22-19-24(9-13-31(22)39-28-15-17-34-18-16-28)23-7-11-27(12-8-23)35-33(36)26-10-14-32(38-3)30(21-26)25-5-4-6-29(20-25)37-2/h4-14,19-21,28,34H,15-18H2,1-3H3,(H,35,36). The van der Waals surface area contributed by atoms with Crippen molar-refractivity contribution in [1.29, 1.82) is 0 Å². The average molecular weight is 523 g/mol. The van der Waals surface area contributed by atoms with Crippen LogP contribution in [0.5, 0.6) is 17.2 Å². The van der Waals surface area contributed by atoms with Crippen LogP contribution in [0, 0.1) is 6.92 Å². The van der Waals surface area contributed by atoms with E-state index < -0.39 is 0 Å². The van der Waals surface area contributed by atoms with Crippen LogP contribution in [0.2, 0.25) is 0 Å². The van der Waals surface area contributed by atoms with Crippen molar-refractivity contribution < 1.29 is 19.0 Å². The van der Waals surface area contributed by atoms with Crippen molar-refractivity contribution in [3.63, 3.8) is 0 Å². The summed E-state index contributed by atoms with van der Waals surface area (Å²) in [6, 6.07) is 27.3. The summed E-state index contributed by atoms with van der Waals surface area (Å²) in [5.74, 6) is 2.18. The first kappa shape index (κ1) is 26.3. The van der Waals surface area contributed by atoms with Gasteiger partial charge < -0.3 is 24.8 Å². The minimum atomic E-state index is -0.190. The fourth-order valence-corrected chi connectivity index (χ4v) is 4.87. The highest BCUT2D eigenvalue weighted by Crippen LogP contribution is 2.33. The first-order valence-electron chi connectivity index (χ1n) is 13.3. The minimum absolute atomic E-state index is 0.190. The zero-order valence-corrected chi connectivity index (χ0v) is 22.6. The number of anilines is 1. The van der Waals surface area contributed by atoms with Crippen LogP contribution in [-0.4, -0.2) is 39.3 Å². The number of rotatable bonds is 8. The number of hydrogen-bond acceptors (Lipinski definition) is 5. The monoisotopic (exact) mass is 522 g/mol. The van der Waals surface area contributed by atoms with Gasteiger partial charge in [-0.3, -0.25) is 4.79 Å². The largest absolute Gasteiger partial charge is 0.497 e. The fraction of sp³-hybridized carbons (Fsp3) is 0.242. The van der Waals surface area contributed by atoms with Gasteiger partial charge >= 0.3 is 0 Å². The molecule has 1 amide bonds. The van der Waals surface area contributed by atoms with E-state index in [4.69, 9.17) is 14.2 Å². The lowest BCUT2D eigenvalue weighted by Crippen LogP contribution is -2.34. The van der Waals surface area contributed by atoms with Crippen molar-refractivity contribution in [2.75, 3.05) is 32.6 Å². The lowest BCUT2D eigenvalue weighted by molar-refractivity contribution is 0.102. The maximum Gasteiger partial charge on any atom is 0.255 e. The Bertz CT molecular complexity index is 1440. The van der Waals surface area contributed by atoms with Gasteiger partial charge in [0.05, 0.1) is 14.2 Å². The lowest BCUT2D eigenvalue weighted by atomic mass is 10.0. The molecular formula is C33H34N2O4. The molecular weight excluding hydrogens is 488 g/mol. The van der Waals surface area contributed by atoms with E-state index in [9.17, 15) is 4.79 Å². The molecule has 4 aromatic carbocycles. The Hall–Kier alpha value is -4.29. The normalized spacial score (nSPS) is 13.5. The van der Waals surface area contributed by atoms with E-state index in [1.165, 1.54) is 0 Å². The molecule has 0 saturated carbocycles. The van der Waals surface area contributed by atoms with Crippen molar-refractivity contribution in [2.45, 2.75) is 25.9 Å². The van der Waals surface area contributed by atoms with E-state index in [1.54, 1.807) is 20.3 Å². The fourth-order valence-electron chi connectivity index (χ4n) is 4.87. The molecule has 4 aromatic rings. The molecule has 0 aromatic heterocycles. The first-order valence-corrected chi connectivity index (χ1v) is 13.3. The Balaban J connectivity index is 1.29. The SMILES string of the molecule is COc1cccc(-c2cc(C(=O)Nc3ccc(-c4ccc(OC5CCNCC5)c(C)c4)cc3)ccc2OC)c1. The molecule has 1 fully saturated rings. The molecule has 1 aliphatic rings. The summed E-state index contributed by atoms with van der Waals surface area (Å²) in [4.78, 5) is 13.1. The number of amides is 1. The number of carbonyl (C=O) groups excluding carboxylic acids is 1. The second-order valence-corrected chi connectivity index (χ2v) is 9.73. The molecule has 0 aliphatic carbocycles. The second kappa shape index (κ2) is 12.0. The van der Waals surface area contributed by atoms with Crippen LogP contribution >= 0.6 is 0 Å². The third kappa shape index (κ3) is 6.24. The zero-order valence-electron chi connectivity index (χ0n) is 22.6. The molecule has 200 valence electrons. The van der Waals surface area contributed by atoms with E-state index >= 15 is 0 Å². The molecule has 6 nitrogen and oxygen atoms in total. The van der Waals surface area contributed by atoms with Gasteiger partial charge in [-0.15, -0.1) is 0 Å². The quantitative estimate of drug-likeness (QED) is 0.269. The predicted molar refractivity (Wildman–Crippen MR) is 156 cm³/mol. The maximum absolute atomic E-state index is 13.1. The Morgan fingerprint density at radius 3 is 2.26 bits per heavy atom. The number of benzene rings is 4. The lowest BCUT2D eigenvalue weighted by Gasteiger charge is -2.24. The third-order valence-corrected chi connectivity index (χ3v) is 7.07. The number of aryl methyl sites for hydroxylation is 1. The highest BCUT2D eigenvalue weighted by molar-refractivity contribution is 6.05. The molecule has 0 radical (unpaired) electrons. The Kier molecular flexibility index (Phi) is 8.13. The zero-order chi connectivity index (χ0) is 27.2. The van der Waals surface area contributed by atoms with Crippen molar-refractivity contribution >= 4 is 11.6 Å². The van der Waals surface area contributed by atoms with Crippen molar-refractivity contribution in [2.24, 2.45) is 0 Å². The van der Waals surface area contributed by atoms with Crippen LogP contribution in [0.25, 0.3) is 22.3 Å². The summed E-state index contributed by atoms with van der Waals surface area (Å²) in [6.45, 7) is 4.10. The molecule has 5 rings (SSSR count). The molecule has 0 bridgehead atoms. The van der Waals surface area contributed by atoms with E-state index in [0.717, 1.165) is 70.9 Å². The van der Waals surface area contributed by atoms with Crippen LogP contribution < -0.4 is 24.8 Å². The van der Waals surface area contributed by atoms with Crippen LogP contribution in [0.15, 0.2) is 84.9 Å². The van der Waals surface area contributed by atoms with Gasteiger partial charge in [0.2, 0.25) is 0 Å². The minimum Gasteiger partial charge on any atom is -0.497 e. The summed E-state index contributed by atoms with van der Waals surface area (Å²) in [5.41, 5.74) is 6.31. The van der Waals surface area contributed by atoms with Crippen LogP contribution in [0.3, 0.4) is 0 Å².